The molecular weight excluding hydrogens is 249 g/mol. The van der Waals surface area contributed by atoms with Gasteiger partial charge in [-0.1, -0.05) is 6.07 Å². The highest BCUT2D eigenvalue weighted by molar-refractivity contribution is 6.63. The Hall–Kier alpha value is -1.60. The molecule has 1 aliphatic heterocycles. The zero-order chi connectivity index (χ0) is 14.4. The summed E-state index contributed by atoms with van der Waals surface area (Å²) in [7, 11) is -0.814. The van der Waals surface area contributed by atoms with Crippen LogP contribution in [0.1, 0.15) is 27.7 Å². The van der Waals surface area contributed by atoms with Crippen LogP contribution in [0.25, 0.3) is 0 Å². The molecule has 0 amide bonds. The molecular formula is C12H16BNO5. The molecule has 0 unspecified atom stereocenters. The van der Waals surface area contributed by atoms with Gasteiger partial charge in [0.15, 0.2) is 0 Å². The summed E-state index contributed by atoms with van der Waals surface area (Å²) in [5.41, 5.74) is -1.03. The fraction of sp³-hybridized carbons (Fsp3) is 0.500. The molecule has 0 atom stereocenters. The molecule has 1 aromatic carbocycles. The Labute approximate surface area is 111 Å². The van der Waals surface area contributed by atoms with Crippen LogP contribution in [-0.4, -0.2) is 28.4 Å². The Bertz CT molecular complexity index is 513. The molecule has 2 rings (SSSR count). The third-order valence-corrected chi connectivity index (χ3v) is 3.72. The van der Waals surface area contributed by atoms with Gasteiger partial charge in [-0.15, -0.1) is 0 Å². The predicted molar refractivity (Wildman–Crippen MR) is 70.5 cm³/mol. The van der Waals surface area contributed by atoms with Crippen LogP contribution in [0.4, 0.5) is 5.69 Å². The monoisotopic (exact) mass is 265 g/mol. The molecule has 1 saturated heterocycles. The van der Waals surface area contributed by atoms with Gasteiger partial charge < -0.3 is 14.4 Å². The first-order valence-corrected chi connectivity index (χ1v) is 5.97. The average Bonchev–Trinajstić information content (AvgIpc) is 2.47. The molecule has 1 fully saturated rings. The quantitative estimate of drug-likeness (QED) is 0.499. The first-order chi connectivity index (χ1) is 8.64. The molecule has 0 radical (unpaired) electrons. The van der Waals surface area contributed by atoms with Crippen molar-refractivity contribution in [3.8, 4) is 5.75 Å². The van der Waals surface area contributed by atoms with E-state index in [2.05, 4.69) is 0 Å². The summed E-state index contributed by atoms with van der Waals surface area (Å²) >= 11 is 0. The van der Waals surface area contributed by atoms with Crippen molar-refractivity contribution in [1.29, 1.82) is 0 Å². The Morgan fingerprint density at radius 2 is 1.74 bits per heavy atom. The zero-order valence-electron chi connectivity index (χ0n) is 11.3. The van der Waals surface area contributed by atoms with E-state index in [0.29, 0.717) is 5.46 Å². The number of benzene rings is 1. The number of nitrogens with zero attached hydrogens (tertiary/aromatic N) is 1. The molecule has 0 bridgehead atoms. The normalized spacial score (nSPS) is 20.5. The predicted octanol–water partition coefficient (Wildman–Crippen LogP) is 1.60. The average molecular weight is 265 g/mol. The van der Waals surface area contributed by atoms with Crippen LogP contribution in [-0.2, 0) is 9.31 Å². The van der Waals surface area contributed by atoms with Crippen LogP contribution in [0.15, 0.2) is 18.2 Å². The number of hydrogen-bond acceptors (Lipinski definition) is 5. The lowest BCUT2D eigenvalue weighted by Crippen LogP contribution is -2.41. The van der Waals surface area contributed by atoms with E-state index >= 15 is 0 Å². The third-order valence-electron chi connectivity index (χ3n) is 3.72. The minimum absolute atomic E-state index is 0.160. The SMILES string of the molecule is CC1(C)OB(c2ccc(O)cc2[N+](=O)[O-])OC1(C)C. The largest absolute Gasteiger partial charge is 0.508 e. The smallest absolute Gasteiger partial charge is 0.501 e. The maximum absolute atomic E-state index is 11.0. The molecule has 1 aromatic rings. The van der Waals surface area contributed by atoms with Gasteiger partial charge in [0.25, 0.3) is 5.69 Å². The van der Waals surface area contributed by atoms with Gasteiger partial charge in [-0.2, -0.15) is 0 Å². The van der Waals surface area contributed by atoms with E-state index in [4.69, 9.17) is 9.31 Å². The second kappa shape index (κ2) is 4.21. The van der Waals surface area contributed by atoms with Gasteiger partial charge in [-0.25, -0.2) is 0 Å². The number of hydrogen-bond donors (Lipinski definition) is 1. The van der Waals surface area contributed by atoms with Crippen molar-refractivity contribution in [3.63, 3.8) is 0 Å². The number of nitro benzene ring substituents is 1. The minimum Gasteiger partial charge on any atom is -0.508 e. The molecule has 6 nitrogen and oxygen atoms in total. The fourth-order valence-electron chi connectivity index (χ4n) is 1.86. The Morgan fingerprint density at radius 1 is 1.21 bits per heavy atom. The molecule has 7 heteroatoms. The van der Waals surface area contributed by atoms with Crippen LogP contribution in [0.3, 0.4) is 0 Å². The minimum atomic E-state index is -0.814. The highest BCUT2D eigenvalue weighted by atomic mass is 16.7. The van der Waals surface area contributed by atoms with Crippen molar-refractivity contribution in [3.05, 3.63) is 28.3 Å². The summed E-state index contributed by atoms with van der Waals surface area (Å²) in [5, 5.41) is 20.4. The zero-order valence-corrected chi connectivity index (χ0v) is 11.3. The molecule has 0 spiro atoms. The van der Waals surface area contributed by atoms with E-state index in [1.54, 1.807) is 0 Å². The van der Waals surface area contributed by atoms with E-state index in [-0.39, 0.29) is 11.4 Å². The summed E-state index contributed by atoms with van der Waals surface area (Å²) < 4.78 is 11.5. The van der Waals surface area contributed by atoms with Gasteiger partial charge in [0.1, 0.15) is 5.75 Å². The molecule has 0 aromatic heterocycles. The van der Waals surface area contributed by atoms with Crippen LogP contribution < -0.4 is 5.46 Å². The maximum atomic E-state index is 11.0. The molecule has 1 heterocycles. The lowest BCUT2D eigenvalue weighted by Gasteiger charge is -2.32. The number of aromatic hydroxyl groups is 1. The van der Waals surface area contributed by atoms with Crippen molar-refractivity contribution >= 4 is 18.3 Å². The molecule has 1 N–H and O–H groups in total. The lowest BCUT2D eigenvalue weighted by molar-refractivity contribution is -0.383. The van der Waals surface area contributed by atoms with Crippen LogP contribution in [0.2, 0.25) is 0 Å². The number of nitro groups is 1. The van der Waals surface area contributed by atoms with Crippen LogP contribution in [0.5, 0.6) is 5.75 Å². The summed E-state index contributed by atoms with van der Waals surface area (Å²) in [4.78, 5) is 10.5. The summed E-state index contributed by atoms with van der Waals surface area (Å²) in [5.74, 6) is -0.160. The molecule has 0 aliphatic carbocycles. The van der Waals surface area contributed by atoms with Crippen molar-refractivity contribution in [1.82, 2.24) is 0 Å². The van der Waals surface area contributed by atoms with Gasteiger partial charge >= 0.3 is 7.12 Å². The maximum Gasteiger partial charge on any atom is 0.501 e. The molecule has 19 heavy (non-hydrogen) atoms. The lowest BCUT2D eigenvalue weighted by atomic mass is 9.78. The summed E-state index contributed by atoms with van der Waals surface area (Å²) in [6.45, 7) is 7.50. The van der Waals surface area contributed by atoms with Crippen molar-refractivity contribution in [2.45, 2.75) is 38.9 Å². The molecule has 0 saturated carbocycles. The second-order valence-corrected chi connectivity index (χ2v) is 5.59. The van der Waals surface area contributed by atoms with Gasteiger partial charge in [-0.3, -0.25) is 10.1 Å². The number of rotatable bonds is 2. The highest BCUT2D eigenvalue weighted by Crippen LogP contribution is 2.37. The Morgan fingerprint density at radius 3 is 2.21 bits per heavy atom. The van der Waals surface area contributed by atoms with E-state index in [9.17, 15) is 15.2 Å². The third kappa shape index (κ3) is 2.31. The van der Waals surface area contributed by atoms with E-state index in [1.807, 2.05) is 27.7 Å². The van der Waals surface area contributed by atoms with Crippen molar-refractivity contribution in [2.24, 2.45) is 0 Å². The summed E-state index contributed by atoms with van der Waals surface area (Å²) in [6.07, 6.45) is 0. The Kier molecular flexibility index (Phi) is 3.06. The van der Waals surface area contributed by atoms with Crippen LogP contribution in [0, 0.1) is 10.1 Å². The Balaban J connectivity index is 2.42. The van der Waals surface area contributed by atoms with E-state index < -0.39 is 23.2 Å². The van der Waals surface area contributed by atoms with E-state index in [1.165, 1.54) is 12.1 Å². The standard InChI is InChI=1S/C12H16BNO5/c1-11(2)12(3,4)19-13(18-11)9-6-5-8(15)7-10(9)14(16)17/h5-7,15H,1-4H3. The molecule has 1 aliphatic rings. The number of phenols is 1. The van der Waals surface area contributed by atoms with Gasteiger partial charge in [-0.05, 0) is 33.8 Å². The van der Waals surface area contributed by atoms with Crippen LogP contribution >= 0.6 is 0 Å². The first-order valence-electron chi connectivity index (χ1n) is 5.97. The molecule has 102 valence electrons. The second-order valence-electron chi connectivity index (χ2n) is 5.59. The van der Waals surface area contributed by atoms with Gasteiger partial charge in [0, 0.05) is 0 Å². The summed E-state index contributed by atoms with van der Waals surface area (Å²) in [6, 6.07) is 3.93. The first kappa shape index (κ1) is 13.8. The van der Waals surface area contributed by atoms with E-state index in [0.717, 1.165) is 6.07 Å². The van der Waals surface area contributed by atoms with Gasteiger partial charge in [0.2, 0.25) is 0 Å². The highest BCUT2D eigenvalue weighted by Gasteiger charge is 2.53. The van der Waals surface area contributed by atoms with Crippen molar-refractivity contribution < 1.29 is 19.3 Å². The fourth-order valence-corrected chi connectivity index (χ4v) is 1.86. The van der Waals surface area contributed by atoms with Gasteiger partial charge in [0.05, 0.1) is 27.7 Å². The topological polar surface area (TPSA) is 81.8 Å². The van der Waals surface area contributed by atoms with Crippen molar-refractivity contribution in [2.75, 3.05) is 0 Å². The number of phenolic OH excluding ortho intramolecular Hbond substituents is 1.